The van der Waals surface area contributed by atoms with Crippen LogP contribution in [0.15, 0.2) is 35.5 Å². The molecule has 8 heteroatoms. The molecular weight excluding hydrogens is 441 g/mol. The smallest absolute Gasteiger partial charge is 0.161 e. The monoisotopic (exact) mass is 473 g/mol. The molecule has 6 nitrogen and oxygen atoms in total. The number of piperazine rings is 1. The summed E-state index contributed by atoms with van der Waals surface area (Å²) in [6.45, 7) is 11.6. The Morgan fingerprint density at radius 1 is 1.18 bits per heavy atom. The van der Waals surface area contributed by atoms with Crippen LogP contribution in [-0.4, -0.2) is 49.4 Å². The summed E-state index contributed by atoms with van der Waals surface area (Å²) in [5.41, 5.74) is 1.97. The van der Waals surface area contributed by atoms with Gasteiger partial charge in [0.25, 0.3) is 0 Å². The number of halogens is 2. The number of pyridine rings is 1. The molecular formula is C25H33ClFN5O. The lowest BCUT2D eigenvalue weighted by atomic mass is 10.1. The van der Waals surface area contributed by atoms with E-state index in [2.05, 4.69) is 26.2 Å². The molecule has 0 spiro atoms. The van der Waals surface area contributed by atoms with E-state index in [4.69, 9.17) is 16.9 Å². The predicted octanol–water partition coefficient (Wildman–Crippen LogP) is 5.29. The van der Waals surface area contributed by atoms with Gasteiger partial charge in [-0.05, 0) is 18.2 Å². The van der Waals surface area contributed by atoms with Gasteiger partial charge in [-0.2, -0.15) is 5.26 Å². The average molecular weight is 474 g/mol. The second-order valence-electron chi connectivity index (χ2n) is 6.68. The number of aldehydes is 1. The molecule has 2 heterocycles. The summed E-state index contributed by atoms with van der Waals surface area (Å²) in [7, 11) is 1.64. The van der Waals surface area contributed by atoms with E-state index in [1.54, 1.807) is 31.4 Å². The van der Waals surface area contributed by atoms with Gasteiger partial charge in [0.1, 0.15) is 11.9 Å². The molecule has 2 aromatic rings. The van der Waals surface area contributed by atoms with Gasteiger partial charge in [0.15, 0.2) is 12.1 Å². The quantitative estimate of drug-likeness (QED) is 0.454. The highest BCUT2D eigenvalue weighted by Crippen LogP contribution is 2.27. The van der Waals surface area contributed by atoms with Gasteiger partial charge in [0.2, 0.25) is 0 Å². The maximum absolute atomic E-state index is 15.0. The first kappa shape index (κ1) is 28.1. The van der Waals surface area contributed by atoms with Gasteiger partial charge in [0.05, 0.1) is 16.3 Å². The van der Waals surface area contributed by atoms with Crippen molar-refractivity contribution >= 4 is 35.5 Å². The molecule has 1 aliphatic rings. The first-order valence-corrected chi connectivity index (χ1v) is 11.6. The third-order valence-electron chi connectivity index (χ3n) is 4.88. The summed E-state index contributed by atoms with van der Waals surface area (Å²) in [6, 6.07) is 9.16. The zero-order valence-corrected chi connectivity index (χ0v) is 20.8. The summed E-state index contributed by atoms with van der Waals surface area (Å²) in [4.78, 5) is 19.4. The minimum Gasteiger partial charge on any atom is -0.385 e. The SMILES string of the molecule is CC.CC.CNc1c(/C=C(/Cl)C=O)ccc(CN2CCN(c3ccc(C#N)cn3)CC2)c1F. The van der Waals surface area contributed by atoms with Crippen LogP contribution in [-0.2, 0) is 11.3 Å². The van der Waals surface area contributed by atoms with Gasteiger partial charge in [-0.15, -0.1) is 0 Å². The molecule has 178 valence electrons. The minimum absolute atomic E-state index is 0.0150. The molecule has 0 bridgehead atoms. The van der Waals surface area contributed by atoms with Crippen molar-refractivity contribution in [3.8, 4) is 6.07 Å². The number of nitriles is 1. The number of benzene rings is 1. The number of carbonyl (C=O) groups is 1. The maximum Gasteiger partial charge on any atom is 0.161 e. The number of aromatic nitrogens is 1. The molecule has 0 unspecified atom stereocenters. The molecule has 0 radical (unpaired) electrons. The van der Waals surface area contributed by atoms with Gasteiger partial charge < -0.3 is 10.2 Å². The number of hydrogen-bond acceptors (Lipinski definition) is 6. The van der Waals surface area contributed by atoms with Crippen molar-refractivity contribution < 1.29 is 9.18 Å². The summed E-state index contributed by atoms with van der Waals surface area (Å²) in [6.07, 6.45) is 3.54. The Labute approximate surface area is 201 Å². The van der Waals surface area contributed by atoms with Crippen molar-refractivity contribution in [1.29, 1.82) is 5.26 Å². The van der Waals surface area contributed by atoms with Crippen LogP contribution in [0.2, 0.25) is 0 Å². The van der Waals surface area contributed by atoms with Crippen LogP contribution in [0.3, 0.4) is 0 Å². The Hall–Kier alpha value is -2.95. The fourth-order valence-electron chi connectivity index (χ4n) is 3.33. The highest BCUT2D eigenvalue weighted by atomic mass is 35.5. The zero-order valence-electron chi connectivity index (χ0n) is 20.0. The van der Waals surface area contributed by atoms with E-state index in [0.717, 1.165) is 32.0 Å². The highest BCUT2D eigenvalue weighted by molar-refractivity contribution is 6.40. The predicted molar refractivity (Wildman–Crippen MR) is 135 cm³/mol. The van der Waals surface area contributed by atoms with Crippen molar-refractivity contribution in [1.82, 2.24) is 9.88 Å². The summed E-state index contributed by atoms with van der Waals surface area (Å²) < 4.78 is 15.0. The largest absolute Gasteiger partial charge is 0.385 e. The fraction of sp³-hybridized carbons (Fsp3) is 0.400. The number of anilines is 2. The summed E-state index contributed by atoms with van der Waals surface area (Å²) >= 11 is 5.77. The molecule has 1 fully saturated rings. The van der Waals surface area contributed by atoms with Gasteiger partial charge in [-0.1, -0.05) is 51.4 Å². The van der Waals surface area contributed by atoms with Crippen molar-refractivity contribution in [2.75, 3.05) is 43.4 Å². The molecule has 33 heavy (non-hydrogen) atoms. The minimum atomic E-state index is -0.340. The number of carbonyl (C=O) groups excluding carboxylic acids is 1. The van der Waals surface area contributed by atoms with Crippen molar-refractivity contribution in [2.45, 2.75) is 34.2 Å². The molecule has 1 saturated heterocycles. The normalized spacial score (nSPS) is 13.6. The van der Waals surface area contributed by atoms with Crippen LogP contribution >= 0.6 is 11.6 Å². The van der Waals surface area contributed by atoms with E-state index in [1.165, 1.54) is 6.08 Å². The van der Waals surface area contributed by atoms with Crippen LogP contribution in [0.1, 0.15) is 44.4 Å². The molecule has 1 aromatic carbocycles. The molecule has 1 aromatic heterocycles. The summed E-state index contributed by atoms with van der Waals surface area (Å²) in [5.74, 6) is 0.503. The molecule has 0 saturated carbocycles. The van der Waals surface area contributed by atoms with Crippen molar-refractivity contribution in [3.05, 3.63) is 58.0 Å². The van der Waals surface area contributed by atoms with Gasteiger partial charge in [-0.25, -0.2) is 9.37 Å². The highest BCUT2D eigenvalue weighted by Gasteiger charge is 2.20. The molecule has 0 atom stereocenters. The lowest BCUT2D eigenvalue weighted by Crippen LogP contribution is -2.46. The van der Waals surface area contributed by atoms with E-state index >= 15 is 0 Å². The molecule has 0 amide bonds. The Kier molecular flexibility index (Phi) is 12.8. The standard InChI is InChI=1S/C21H21ClFN5O.2C2H6/c1-25-21-16(10-18(22)14-29)3-4-17(20(21)23)13-27-6-8-28(9-7-27)19-5-2-15(11-24)12-26-19;2*1-2/h2-5,10,12,14,25H,6-9,13H2,1H3;2*1-2H3/b18-10+;;. The van der Waals surface area contributed by atoms with Crippen LogP contribution in [0.25, 0.3) is 6.08 Å². The van der Waals surface area contributed by atoms with Crippen LogP contribution < -0.4 is 10.2 Å². The zero-order chi connectivity index (χ0) is 24.8. The van der Waals surface area contributed by atoms with E-state index in [9.17, 15) is 9.18 Å². The van der Waals surface area contributed by atoms with Crippen LogP contribution in [0, 0.1) is 17.1 Å². The lowest BCUT2D eigenvalue weighted by Gasteiger charge is -2.35. The van der Waals surface area contributed by atoms with Gasteiger partial charge >= 0.3 is 0 Å². The lowest BCUT2D eigenvalue weighted by molar-refractivity contribution is -0.104. The van der Waals surface area contributed by atoms with Gasteiger partial charge in [0, 0.05) is 57.1 Å². The van der Waals surface area contributed by atoms with Crippen LogP contribution in [0.5, 0.6) is 0 Å². The Bertz CT molecular complexity index is 949. The van der Waals surface area contributed by atoms with E-state index in [-0.39, 0.29) is 10.8 Å². The van der Waals surface area contributed by atoms with Gasteiger partial charge in [-0.3, -0.25) is 9.69 Å². The fourth-order valence-corrected chi connectivity index (χ4v) is 3.45. The van der Waals surface area contributed by atoms with Crippen molar-refractivity contribution in [2.24, 2.45) is 0 Å². The Morgan fingerprint density at radius 3 is 2.36 bits per heavy atom. The molecule has 3 rings (SSSR count). The van der Waals surface area contributed by atoms with Crippen LogP contribution in [0.4, 0.5) is 15.9 Å². The first-order chi connectivity index (χ1) is 16.0. The topological polar surface area (TPSA) is 72.3 Å². The van der Waals surface area contributed by atoms with Crippen molar-refractivity contribution in [3.63, 3.8) is 0 Å². The second-order valence-corrected chi connectivity index (χ2v) is 7.12. The van der Waals surface area contributed by atoms with E-state index in [0.29, 0.717) is 35.2 Å². The third-order valence-corrected chi connectivity index (χ3v) is 5.08. The van der Waals surface area contributed by atoms with E-state index < -0.39 is 0 Å². The third kappa shape index (κ3) is 7.85. The first-order valence-electron chi connectivity index (χ1n) is 11.2. The maximum atomic E-state index is 15.0. The molecule has 1 aliphatic heterocycles. The molecule has 1 N–H and O–H groups in total. The number of rotatable bonds is 6. The number of nitrogens with zero attached hydrogens (tertiary/aromatic N) is 4. The summed E-state index contributed by atoms with van der Waals surface area (Å²) in [5, 5.41) is 11.7. The molecule has 0 aliphatic carbocycles. The number of hydrogen-bond donors (Lipinski definition) is 1. The Morgan fingerprint density at radius 2 is 1.85 bits per heavy atom. The Balaban J connectivity index is 0.00000129. The number of allylic oxidation sites excluding steroid dienone is 1. The number of nitrogens with one attached hydrogen (secondary N) is 1. The van der Waals surface area contributed by atoms with E-state index in [1.807, 2.05) is 33.8 Å². The average Bonchev–Trinajstić information content (AvgIpc) is 2.88. The second kappa shape index (κ2) is 15.0.